The van der Waals surface area contributed by atoms with E-state index >= 15 is 0 Å². The summed E-state index contributed by atoms with van der Waals surface area (Å²) in [5.74, 6) is 0.974. The molecule has 0 radical (unpaired) electrons. The molecule has 3 heteroatoms. The molecule has 1 saturated heterocycles. The van der Waals surface area contributed by atoms with Gasteiger partial charge in [-0.05, 0) is 38.4 Å². The summed E-state index contributed by atoms with van der Waals surface area (Å²) in [6.45, 7) is 4.88. The van der Waals surface area contributed by atoms with Crippen molar-refractivity contribution in [3.05, 3.63) is 29.3 Å². The van der Waals surface area contributed by atoms with Crippen molar-refractivity contribution >= 4 is 0 Å². The van der Waals surface area contributed by atoms with Gasteiger partial charge in [-0.2, -0.15) is 0 Å². The second-order valence-electron chi connectivity index (χ2n) is 4.88. The molecule has 0 atom stereocenters. The van der Waals surface area contributed by atoms with Crippen molar-refractivity contribution in [1.29, 1.82) is 0 Å². The van der Waals surface area contributed by atoms with Crippen LogP contribution in [0.3, 0.4) is 0 Å². The first-order chi connectivity index (χ1) is 8.20. The van der Waals surface area contributed by atoms with E-state index in [9.17, 15) is 0 Å². The summed E-state index contributed by atoms with van der Waals surface area (Å²) in [5, 5.41) is 0. The quantitative estimate of drug-likeness (QED) is 0.868. The predicted molar refractivity (Wildman–Crippen MR) is 70.2 cm³/mol. The fraction of sp³-hybridized carbons (Fsp3) is 0.571. The molecule has 2 rings (SSSR count). The Morgan fingerprint density at radius 1 is 1.35 bits per heavy atom. The fourth-order valence-corrected chi connectivity index (χ4v) is 2.33. The second-order valence-corrected chi connectivity index (χ2v) is 4.88. The lowest BCUT2D eigenvalue weighted by atomic mass is 10.1. The first kappa shape index (κ1) is 12.4. The van der Waals surface area contributed by atoms with Crippen LogP contribution in [0.15, 0.2) is 18.2 Å². The van der Waals surface area contributed by atoms with E-state index in [0.29, 0.717) is 12.6 Å². The maximum Gasteiger partial charge on any atom is 0.124 e. The molecule has 94 valence electrons. The number of hydrogen-bond acceptors (Lipinski definition) is 3. The van der Waals surface area contributed by atoms with Gasteiger partial charge in [-0.15, -0.1) is 0 Å². The highest BCUT2D eigenvalue weighted by Crippen LogP contribution is 2.25. The maximum atomic E-state index is 6.10. The third-order valence-corrected chi connectivity index (χ3v) is 3.53. The Labute approximate surface area is 104 Å². The molecule has 2 N–H and O–H groups in total. The minimum absolute atomic E-state index is 0.346. The van der Waals surface area contributed by atoms with E-state index < -0.39 is 0 Å². The molecule has 0 aromatic heterocycles. The minimum atomic E-state index is 0.346. The number of aryl methyl sites for hydroxylation is 1. The van der Waals surface area contributed by atoms with Gasteiger partial charge in [0.2, 0.25) is 0 Å². The Bertz CT molecular complexity index is 370. The van der Waals surface area contributed by atoms with E-state index in [1.54, 1.807) is 0 Å². The highest BCUT2D eigenvalue weighted by atomic mass is 16.5. The molecule has 0 aliphatic carbocycles. The molecule has 0 saturated carbocycles. The lowest BCUT2D eigenvalue weighted by Gasteiger charge is -2.30. The fourth-order valence-electron chi connectivity index (χ4n) is 2.33. The van der Waals surface area contributed by atoms with Crippen molar-refractivity contribution in [1.82, 2.24) is 4.90 Å². The summed E-state index contributed by atoms with van der Waals surface area (Å²) in [7, 11) is 2.16. The molecule has 0 unspecified atom stereocenters. The van der Waals surface area contributed by atoms with E-state index in [2.05, 4.69) is 24.9 Å². The van der Waals surface area contributed by atoms with Gasteiger partial charge in [-0.1, -0.05) is 12.1 Å². The molecule has 0 bridgehead atoms. The van der Waals surface area contributed by atoms with Gasteiger partial charge in [-0.25, -0.2) is 0 Å². The average molecular weight is 234 g/mol. The molecule has 1 heterocycles. The van der Waals surface area contributed by atoms with E-state index in [-0.39, 0.29) is 0 Å². The van der Waals surface area contributed by atoms with Gasteiger partial charge in [0.25, 0.3) is 0 Å². The summed E-state index contributed by atoms with van der Waals surface area (Å²) < 4.78 is 6.10. The van der Waals surface area contributed by atoms with Crippen molar-refractivity contribution in [2.24, 2.45) is 5.73 Å². The van der Waals surface area contributed by atoms with E-state index in [0.717, 1.165) is 37.2 Å². The van der Waals surface area contributed by atoms with Gasteiger partial charge in [0.15, 0.2) is 0 Å². The molecule has 1 aromatic rings. The number of likely N-dealkylation sites (tertiary alicyclic amines) is 1. The summed E-state index contributed by atoms with van der Waals surface area (Å²) in [6.07, 6.45) is 2.56. The highest BCUT2D eigenvalue weighted by molar-refractivity contribution is 5.39. The Balaban J connectivity index is 2.05. The van der Waals surface area contributed by atoms with Gasteiger partial charge in [0.1, 0.15) is 11.9 Å². The molecular formula is C14H22N2O. The molecule has 1 aliphatic rings. The summed E-state index contributed by atoms with van der Waals surface area (Å²) >= 11 is 0. The number of rotatable bonds is 3. The lowest BCUT2D eigenvalue weighted by Crippen LogP contribution is -2.35. The first-order valence-corrected chi connectivity index (χ1v) is 6.34. The molecule has 1 aromatic carbocycles. The van der Waals surface area contributed by atoms with Crippen LogP contribution in [-0.2, 0) is 6.54 Å². The van der Waals surface area contributed by atoms with E-state index in [1.807, 2.05) is 12.1 Å². The Morgan fingerprint density at radius 3 is 2.71 bits per heavy atom. The zero-order valence-corrected chi connectivity index (χ0v) is 10.8. The van der Waals surface area contributed by atoms with Gasteiger partial charge < -0.3 is 15.4 Å². The highest BCUT2D eigenvalue weighted by Gasteiger charge is 2.19. The van der Waals surface area contributed by atoms with Crippen molar-refractivity contribution < 1.29 is 4.74 Å². The molecule has 0 spiro atoms. The van der Waals surface area contributed by atoms with Gasteiger partial charge in [-0.3, -0.25) is 0 Å². The van der Waals surface area contributed by atoms with Crippen molar-refractivity contribution in [2.45, 2.75) is 32.4 Å². The number of benzene rings is 1. The Kier molecular flexibility index (Phi) is 4.02. The molecule has 17 heavy (non-hydrogen) atoms. The number of piperidine rings is 1. The zero-order chi connectivity index (χ0) is 12.3. The van der Waals surface area contributed by atoms with Crippen LogP contribution in [0.5, 0.6) is 5.75 Å². The monoisotopic (exact) mass is 234 g/mol. The Morgan fingerprint density at radius 2 is 2.06 bits per heavy atom. The van der Waals surface area contributed by atoms with Crippen LogP contribution in [-0.4, -0.2) is 31.1 Å². The third kappa shape index (κ3) is 2.99. The third-order valence-electron chi connectivity index (χ3n) is 3.53. The van der Waals surface area contributed by atoms with Crippen LogP contribution < -0.4 is 10.5 Å². The molecular weight excluding hydrogens is 212 g/mol. The largest absolute Gasteiger partial charge is 0.490 e. The van der Waals surface area contributed by atoms with Crippen LogP contribution in [0.25, 0.3) is 0 Å². The smallest absolute Gasteiger partial charge is 0.124 e. The topological polar surface area (TPSA) is 38.5 Å². The van der Waals surface area contributed by atoms with Gasteiger partial charge >= 0.3 is 0 Å². The molecule has 3 nitrogen and oxygen atoms in total. The number of nitrogens with zero attached hydrogens (tertiary/aromatic N) is 1. The summed E-state index contributed by atoms with van der Waals surface area (Å²) in [6, 6.07) is 6.16. The molecule has 0 amide bonds. The number of hydrogen-bond donors (Lipinski definition) is 1. The van der Waals surface area contributed by atoms with Crippen molar-refractivity contribution in [3.63, 3.8) is 0 Å². The summed E-state index contributed by atoms with van der Waals surface area (Å²) in [4.78, 5) is 2.35. The van der Waals surface area contributed by atoms with Gasteiger partial charge in [0, 0.05) is 25.2 Å². The standard InChI is InChI=1S/C14H22N2O/c1-11-4-3-5-14(13(11)10-15)17-12-6-8-16(2)9-7-12/h3-5,12H,6-10,15H2,1-2H3. The van der Waals surface area contributed by atoms with Gasteiger partial charge in [0.05, 0.1) is 0 Å². The predicted octanol–water partition coefficient (Wildman–Crippen LogP) is 1.93. The van der Waals surface area contributed by atoms with Crippen LogP contribution in [0.4, 0.5) is 0 Å². The normalized spacial score (nSPS) is 18.3. The van der Waals surface area contributed by atoms with Crippen LogP contribution >= 0.6 is 0 Å². The van der Waals surface area contributed by atoms with E-state index in [1.165, 1.54) is 5.56 Å². The second kappa shape index (κ2) is 5.52. The van der Waals surface area contributed by atoms with E-state index in [4.69, 9.17) is 10.5 Å². The molecule has 1 aliphatic heterocycles. The number of nitrogens with two attached hydrogens (primary N) is 1. The van der Waals surface area contributed by atoms with Crippen molar-refractivity contribution in [2.75, 3.05) is 20.1 Å². The van der Waals surface area contributed by atoms with Crippen LogP contribution in [0, 0.1) is 6.92 Å². The molecule has 1 fully saturated rings. The van der Waals surface area contributed by atoms with Crippen LogP contribution in [0.1, 0.15) is 24.0 Å². The van der Waals surface area contributed by atoms with Crippen molar-refractivity contribution in [3.8, 4) is 5.75 Å². The first-order valence-electron chi connectivity index (χ1n) is 6.34. The SMILES string of the molecule is Cc1cccc(OC2CCN(C)CC2)c1CN. The maximum absolute atomic E-state index is 6.10. The summed E-state index contributed by atoms with van der Waals surface area (Å²) in [5.41, 5.74) is 8.16. The average Bonchev–Trinajstić information content (AvgIpc) is 2.32. The minimum Gasteiger partial charge on any atom is -0.490 e. The van der Waals surface area contributed by atoms with Crippen LogP contribution in [0.2, 0.25) is 0 Å². The number of ether oxygens (including phenoxy) is 1. The Hall–Kier alpha value is -1.06. The lowest BCUT2D eigenvalue weighted by molar-refractivity contribution is 0.113. The zero-order valence-electron chi connectivity index (χ0n) is 10.8.